The zero-order chi connectivity index (χ0) is 11.7. The lowest BCUT2D eigenvalue weighted by molar-refractivity contribution is 0.200. The summed E-state index contributed by atoms with van der Waals surface area (Å²) in [6.45, 7) is 0. The fraction of sp³-hybridized carbons (Fsp3) is 0.182. The van der Waals surface area contributed by atoms with Gasteiger partial charge in [0.05, 0.1) is 0 Å². The Morgan fingerprint density at radius 3 is 2.81 bits per heavy atom. The molecule has 0 amide bonds. The van der Waals surface area contributed by atoms with Crippen molar-refractivity contribution >= 4 is 15.9 Å². The molecule has 0 spiro atoms. The Bertz CT molecular complexity index is 492. The highest BCUT2D eigenvalue weighted by Gasteiger charge is 2.21. The van der Waals surface area contributed by atoms with Crippen LogP contribution in [0.15, 0.2) is 35.1 Å². The summed E-state index contributed by atoms with van der Waals surface area (Å²) in [6, 6.07) is 4.57. The van der Waals surface area contributed by atoms with Crippen LogP contribution in [0.2, 0.25) is 0 Å². The molecular weight excluding hydrogens is 275 g/mol. The summed E-state index contributed by atoms with van der Waals surface area (Å²) >= 11 is 3.22. The van der Waals surface area contributed by atoms with Crippen LogP contribution >= 0.6 is 15.9 Å². The van der Waals surface area contributed by atoms with Gasteiger partial charge in [0.25, 0.3) is 0 Å². The number of halogens is 2. The highest BCUT2D eigenvalue weighted by molar-refractivity contribution is 9.10. The van der Waals surface area contributed by atoms with Crippen molar-refractivity contribution in [1.82, 2.24) is 9.55 Å². The molecule has 1 heterocycles. The Balaban J connectivity index is 2.49. The first-order chi connectivity index (χ1) is 7.61. The summed E-state index contributed by atoms with van der Waals surface area (Å²) in [5, 5.41) is 10.1. The van der Waals surface area contributed by atoms with Gasteiger partial charge in [0.15, 0.2) is 0 Å². The number of aliphatic hydroxyl groups excluding tert-OH is 1. The quantitative estimate of drug-likeness (QED) is 0.920. The number of hydrogen-bond acceptors (Lipinski definition) is 2. The minimum Gasteiger partial charge on any atom is -0.380 e. The van der Waals surface area contributed by atoms with Gasteiger partial charge in [-0.1, -0.05) is 22.0 Å². The van der Waals surface area contributed by atoms with Crippen molar-refractivity contribution in [3.63, 3.8) is 0 Å². The van der Waals surface area contributed by atoms with Crippen molar-refractivity contribution in [2.75, 3.05) is 0 Å². The topological polar surface area (TPSA) is 38.0 Å². The normalized spacial score (nSPS) is 12.8. The predicted molar refractivity (Wildman–Crippen MR) is 61.4 cm³/mol. The van der Waals surface area contributed by atoms with Gasteiger partial charge in [0.1, 0.15) is 17.7 Å². The van der Waals surface area contributed by atoms with Crippen LogP contribution < -0.4 is 0 Å². The SMILES string of the molecule is Cn1ccnc1C(O)c1c(F)cccc1Br. The van der Waals surface area contributed by atoms with E-state index in [1.165, 1.54) is 6.07 Å². The number of benzene rings is 1. The lowest BCUT2D eigenvalue weighted by Crippen LogP contribution is -2.09. The average molecular weight is 285 g/mol. The number of aryl methyl sites for hydroxylation is 1. The zero-order valence-electron chi connectivity index (χ0n) is 8.56. The third-order valence-electron chi connectivity index (χ3n) is 2.38. The van der Waals surface area contributed by atoms with Crippen LogP contribution in [-0.2, 0) is 7.05 Å². The van der Waals surface area contributed by atoms with Crippen molar-refractivity contribution in [1.29, 1.82) is 0 Å². The molecule has 84 valence electrons. The summed E-state index contributed by atoms with van der Waals surface area (Å²) in [6.07, 6.45) is 2.19. The molecule has 2 aromatic rings. The number of rotatable bonds is 2. The minimum atomic E-state index is -1.07. The Morgan fingerprint density at radius 1 is 1.50 bits per heavy atom. The van der Waals surface area contributed by atoms with Crippen molar-refractivity contribution in [2.45, 2.75) is 6.10 Å². The summed E-state index contributed by atoms with van der Waals surface area (Å²) in [5.41, 5.74) is 0.205. The van der Waals surface area contributed by atoms with E-state index in [-0.39, 0.29) is 5.56 Å². The zero-order valence-corrected chi connectivity index (χ0v) is 10.1. The maximum Gasteiger partial charge on any atom is 0.142 e. The van der Waals surface area contributed by atoms with Crippen LogP contribution in [-0.4, -0.2) is 14.7 Å². The van der Waals surface area contributed by atoms with Gasteiger partial charge in [0, 0.05) is 29.5 Å². The third-order valence-corrected chi connectivity index (χ3v) is 3.07. The Morgan fingerprint density at radius 2 is 2.25 bits per heavy atom. The third kappa shape index (κ3) is 1.88. The van der Waals surface area contributed by atoms with E-state index in [4.69, 9.17) is 0 Å². The first-order valence-electron chi connectivity index (χ1n) is 4.70. The molecule has 3 nitrogen and oxygen atoms in total. The van der Waals surface area contributed by atoms with E-state index in [9.17, 15) is 9.50 Å². The summed E-state index contributed by atoms with van der Waals surface area (Å²) in [4.78, 5) is 4.00. The molecule has 0 radical (unpaired) electrons. The first-order valence-corrected chi connectivity index (χ1v) is 5.49. The molecule has 5 heteroatoms. The largest absolute Gasteiger partial charge is 0.380 e. The minimum absolute atomic E-state index is 0.205. The highest BCUT2D eigenvalue weighted by atomic mass is 79.9. The van der Waals surface area contributed by atoms with Crippen LogP contribution in [0, 0.1) is 5.82 Å². The maximum atomic E-state index is 13.6. The number of aliphatic hydroxyl groups is 1. The molecule has 1 unspecified atom stereocenters. The molecule has 0 saturated carbocycles. The van der Waals surface area contributed by atoms with E-state index in [0.29, 0.717) is 10.3 Å². The second kappa shape index (κ2) is 4.35. The molecule has 0 aliphatic rings. The molecule has 0 aliphatic heterocycles. The van der Waals surface area contributed by atoms with E-state index in [1.807, 2.05) is 0 Å². The van der Waals surface area contributed by atoms with Gasteiger partial charge in [-0.3, -0.25) is 0 Å². The van der Waals surface area contributed by atoms with Gasteiger partial charge in [0.2, 0.25) is 0 Å². The van der Waals surface area contributed by atoms with Crippen LogP contribution in [0.4, 0.5) is 4.39 Å². The van der Waals surface area contributed by atoms with Crippen LogP contribution in [0.1, 0.15) is 17.5 Å². The Hall–Kier alpha value is -1.20. The fourth-order valence-electron chi connectivity index (χ4n) is 1.54. The van der Waals surface area contributed by atoms with Crippen molar-refractivity contribution in [2.24, 2.45) is 7.05 Å². The molecule has 0 fully saturated rings. The van der Waals surface area contributed by atoms with Gasteiger partial charge < -0.3 is 9.67 Å². The van der Waals surface area contributed by atoms with Crippen LogP contribution in [0.3, 0.4) is 0 Å². The van der Waals surface area contributed by atoms with Crippen LogP contribution in [0.5, 0.6) is 0 Å². The average Bonchev–Trinajstić information content (AvgIpc) is 2.64. The molecule has 0 aliphatic carbocycles. The molecule has 0 bridgehead atoms. The summed E-state index contributed by atoms with van der Waals surface area (Å²) in [5.74, 6) is -0.0457. The number of nitrogens with zero attached hydrogens (tertiary/aromatic N) is 2. The fourth-order valence-corrected chi connectivity index (χ4v) is 2.10. The molecule has 1 atom stereocenters. The molecule has 0 saturated heterocycles. The number of hydrogen-bond donors (Lipinski definition) is 1. The van der Waals surface area contributed by atoms with E-state index >= 15 is 0 Å². The monoisotopic (exact) mass is 284 g/mol. The van der Waals surface area contributed by atoms with Gasteiger partial charge >= 0.3 is 0 Å². The lowest BCUT2D eigenvalue weighted by Gasteiger charge is -2.13. The second-order valence-corrected chi connectivity index (χ2v) is 4.29. The highest BCUT2D eigenvalue weighted by Crippen LogP contribution is 2.29. The molecule has 1 aromatic heterocycles. The smallest absolute Gasteiger partial charge is 0.142 e. The standard InChI is InChI=1S/C11H10BrFN2O/c1-15-6-5-14-11(15)10(16)9-7(12)3-2-4-8(9)13/h2-6,10,16H,1H3. The molecular formula is C11H10BrFN2O. The predicted octanol–water partition coefficient (Wildman–Crippen LogP) is 2.40. The summed E-state index contributed by atoms with van der Waals surface area (Å²) in [7, 11) is 1.75. The van der Waals surface area contributed by atoms with Crippen molar-refractivity contribution < 1.29 is 9.50 Å². The Labute approximate surface area is 101 Å². The van der Waals surface area contributed by atoms with Gasteiger partial charge in [-0.25, -0.2) is 9.37 Å². The van der Waals surface area contributed by atoms with Crippen LogP contribution in [0.25, 0.3) is 0 Å². The van der Waals surface area contributed by atoms with Gasteiger partial charge in [-0.15, -0.1) is 0 Å². The van der Waals surface area contributed by atoms with Crippen molar-refractivity contribution in [3.05, 3.63) is 52.3 Å². The molecule has 2 rings (SSSR count). The molecule has 1 N–H and O–H groups in total. The second-order valence-electron chi connectivity index (χ2n) is 3.43. The number of imidazole rings is 1. The number of aromatic nitrogens is 2. The van der Waals surface area contributed by atoms with E-state index < -0.39 is 11.9 Å². The lowest BCUT2D eigenvalue weighted by atomic mass is 10.1. The van der Waals surface area contributed by atoms with Gasteiger partial charge in [-0.2, -0.15) is 0 Å². The van der Waals surface area contributed by atoms with E-state index in [2.05, 4.69) is 20.9 Å². The van der Waals surface area contributed by atoms with Crippen molar-refractivity contribution in [3.8, 4) is 0 Å². The van der Waals surface area contributed by atoms with Gasteiger partial charge in [-0.05, 0) is 12.1 Å². The maximum absolute atomic E-state index is 13.6. The van der Waals surface area contributed by atoms with E-state index in [1.54, 1.807) is 36.1 Å². The summed E-state index contributed by atoms with van der Waals surface area (Å²) < 4.78 is 15.8. The first kappa shape index (κ1) is 11.3. The Kier molecular flexibility index (Phi) is 3.07. The molecule has 16 heavy (non-hydrogen) atoms. The molecule has 1 aromatic carbocycles. The van der Waals surface area contributed by atoms with E-state index in [0.717, 1.165) is 0 Å².